The van der Waals surface area contributed by atoms with Crippen molar-refractivity contribution in [3.63, 3.8) is 0 Å². The van der Waals surface area contributed by atoms with Gasteiger partial charge in [0.1, 0.15) is 22.1 Å². The van der Waals surface area contributed by atoms with Crippen molar-refractivity contribution in [2.45, 2.75) is 13.3 Å². The van der Waals surface area contributed by atoms with Crippen LogP contribution in [0, 0.1) is 11.6 Å². The van der Waals surface area contributed by atoms with Crippen molar-refractivity contribution in [2.24, 2.45) is 0 Å². The quantitative estimate of drug-likeness (QED) is 0.789. The standard InChI is InChI=1S/C12H9BrF2N2/c1-2-12-16-10(6-11(13)17-12)7-3-8(14)5-9(15)4-7/h3-6H,2H2,1H3. The molecule has 0 unspecified atom stereocenters. The minimum absolute atomic E-state index is 0.403. The highest BCUT2D eigenvalue weighted by atomic mass is 79.9. The first-order valence-corrected chi connectivity index (χ1v) is 5.87. The fraction of sp³-hybridized carbons (Fsp3) is 0.167. The van der Waals surface area contributed by atoms with Crippen molar-refractivity contribution in [3.05, 3.63) is 46.3 Å². The van der Waals surface area contributed by atoms with Crippen LogP contribution in [0.2, 0.25) is 0 Å². The van der Waals surface area contributed by atoms with Gasteiger partial charge in [0.15, 0.2) is 0 Å². The van der Waals surface area contributed by atoms with Gasteiger partial charge >= 0.3 is 0 Å². The summed E-state index contributed by atoms with van der Waals surface area (Å²) in [6, 6.07) is 4.96. The number of benzene rings is 1. The minimum atomic E-state index is -0.618. The van der Waals surface area contributed by atoms with Gasteiger partial charge in [-0.2, -0.15) is 0 Å². The normalized spacial score (nSPS) is 10.6. The molecule has 0 aliphatic carbocycles. The summed E-state index contributed by atoms with van der Waals surface area (Å²) in [4.78, 5) is 8.37. The molecule has 1 aromatic carbocycles. The van der Waals surface area contributed by atoms with Crippen LogP contribution in [0.15, 0.2) is 28.9 Å². The van der Waals surface area contributed by atoms with Gasteiger partial charge in [0.2, 0.25) is 0 Å². The van der Waals surface area contributed by atoms with Gasteiger partial charge in [-0.3, -0.25) is 0 Å². The van der Waals surface area contributed by atoms with Gasteiger partial charge in [-0.25, -0.2) is 18.7 Å². The largest absolute Gasteiger partial charge is 0.233 e. The summed E-state index contributed by atoms with van der Waals surface area (Å²) in [5.41, 5.74) is 0.905. The number of rotatable bonds is 2. The molecule has 0 radical (unpaired) electrons. The van der Waals surface area contributed by atoms with E-state index in [0.717, 1.165) is 6.07 Å². The number of hydrogen-bond acceptors (Lipinski definition) is 2. The van der Waals surface area contributed by atoms with E-state index in [4.69, 9.17) is 0 Å². The van der Waals surface area contributed by atoms with E-state index < -0.39 is 11.6 Å². The fourth-order valence-electron chi connectivity index (χ4n) is 1.47. The minimum Gasteiger partial charge on any atom is -0.233 e. The van der Waals surface area contributed by atoms with E-state index in [-0.39, 0.29) is 0 Å². The molecule has 17 heavy (non-hydrogen) atoms. The van der Waals surface area contributed by atoms with Gasteiger partial charge in [-0.15, -0.1) is 0 Å². The van der Waals surface area contributed by atoms with E-state index in [1.165, 1.54) is 12.1 Å². The first kappa shape index (κ1) is 12.1. The Labute approximate surface area is 106 Å². The zero-order valence-corrected chi connectivity index (χ0v) is 10.6. The van der Waals surface area contributed by atoms with E-state index in [1.807, 2.05) is 6.92 Å². The van der Waals surface area contributed by atoms with Gasteiger partial charge in [0.05, 0.1) is 5.69 Å². The van der Waals surface area contributed by atoms with Gasteiger partial charge < -0.3 is 0 Å². The first-order valence-electron chi connectivity index (χ1n) is 5.08. The Kier molecular flexibility index (Phi) is 3.47. The molecule has 0 saturated heterocycles. The Morgan fingerprint density at radius 2 is 1.71 bits per heavy atom. The molecule has 0 aliphatic heterocycles. The van der Waals surface area contributed by atoms with Crippen molar-refractivity contribution in [1.29, 1.82) is 0 Å². The summed E-state index contributed by atoms with van der Waals surface area (Å²) in [6.45, 7) is 1.91. The van der Waals surface area contributed by atoms with Crippen LogP contribution >= 0.6 is 15.9 Å². The van der Waals surface area contributed by atoms with E-state index in [0.29, 0.717) is 28.1 Å². The lowest BCUT2D eigenvalue weighted by atomic mass is 10.1. The SMILES string of the molecule is CCc1nc(Br)cc(-c2cc(F)cc(F)c2)n1. The summed E-state index contributed by atoms with van der Waals surface area (Å²) in [5, 5.41) is 0. The number of halogens is 3. The van der Waals surface area contributed by atoms with Crippen LogP contribution in [-0.4, -0.2) is 9.97 Å². The highest BCUT2D eigenvalue weighted by Gasteiger charge is 2.07. The van der Waals surface area contributed by atoms with Crippen LogP contribution in [-0.2, 0) is 6.42 Å². The summed E-state index contributed by atoms with van der Waals surface area (Å²) in [5.74, 6) is -0.611. The molecule has 1 aromatic heterocycles. The zero-order chi connectivity index (χ0) is 12.4. The molecule has 0 N–H and O–H groups in total. The van der Waals surface area contributed by atoms with Crippen molar-refractivity contribution in [3.8, 4) is 11.3 Å². The lowest BCUT2D eigenvalue weighted by Crippen LogP contribution is -1.96. The van der Waals surface area contributed by atoms with Crippen LogP contribution in [0.25, 0.3) is 11.3 Å². The summed E-state index contributed by atoms with van der Waals surface area (Å²) in [6.07, 6.45) is 0.657. The Balaban J connectivity index is 2.55. The topological polar surface area (TPSA) is 25.8 Å². The maximum Gasteiger partial charge on any atom is 0.130 e. The van der Waals surface area contributed by atoms with Gasteiger partial charge in [0.25, 0.3) is 0 Å². The van der Waals surface area contributed by atoms with Crippen LogP contribution in [0.5, 0.6) is 0 Å². The molecule has 0 aliphatic rings. The smallest absolute Gasteiger partial charge is 0.130 e. The molecule has 88 valence electrons. The van der Waals surface area contributed by atoms with Crippen LogP contribution in [0.3, 0.4) is 0 Å². The molecular weight excluding hydrogens is 290 g/mol. The molecule has 2 rings (SSSR count). The average Bonchev–Trinajstić information content (AvgIpc) is 2.26. The molecular formula is C12H9BrF2N2. The van der Waals surface area contributed by atoms with Crippen molar-refractivity contribution in [1.82, 2.24) is 9.97 Å². The Morgan fingerprint density at radius 1 is 1.06 bits per heavy atom. The van der Waals surface area contributed by atoms with Crippen LogP contribution in [0.4, 0.5) is 8.78 Å². The molecule has 2 aromatic rings. The third-order valence-corrected chi connectivity index (χ3v) is 2.62. The second-order valence-electron chi connectivity index (χ2n) is 3.50. The predicted octanol–water partition coefficient (Wildman–Crippen LogP) is 3.75. The van der Waals surface area contributed by atoms with Crippen LogP contribution < -0.4 is 0 Å². The zero-order valence-electron chi connectivity index (χ0n) is 9.04. The highest BCUT2D eigenvalue weighted by Crippen LogP contribution is 2.22. The van der Waals surface area contributed by atoms with E-state index >= 15 is 0 Å². The molecule has 0 spiro atoms. The van der Waals surface area contributed by atoms with Crippen molar-refractivity contribution < 1.29 is 8.78 Å². The van der Waals surface area contributed by atoms with Crippen LogP contribution in [0.1, 0.15) is 12.7 Å². The van der Waals surface area contributed by atoms with Crippen molar-refractivity contribution in [2.75, 3.05) is 0 Å². The molecule has 5 heteroatoms. The fourth-order valence-corrected chi connectivity index (χ4v) is 1.89. The molecule has 0 fully saturated rings. The maximum absolute atomic E-state index is 13.1. The van der Waals surface area contributed by atoms with Gasteiger partial charge in [-0.1, -0.05) is 6.92 Å². The van der Waals surface area contributed by atoms with Gasteiger partial charge in [0, 0.05) is 18.1 Å². The lowest BCUT2D eigenvalue weighted by molar-refractivity contribution is 0.584. The number of aromatic nitrogens is 2. The monoisotopic (exact) mass is 298 g/mol. The summed E-state index contributed by atoms with van der Waals surface area (Å²) < 4.78 is 26.8. The highest BCUT2D eigenvalue weighted by molar-refractivity contribution is 9.10. The third kappa shape index (κ3) is 2.85. The number of aryl methyl sites for hydroxylation is 1. The number of nitrogens with zero attached hydrogens (tertiary/aromatic N) is 2. The summed E-state index contributed by atoms with van der Waals surface area (Å²) >= 11 is 3.25. The molecule has 0 saturated carbocycles. The first-order chi connectivity index (χ1) is 8.08. The molecule has 0 bridgehead atoms. The molecule has 2 nitrogen and oxygen atoms in total. The lowest BCUT2D eigenvalue weighted by Gasteiger charge is -2.04. The Hall–Kier alpha value is -1.36. The molecule has 0 atom stereocenters. The van der Waals surface area contributed by atoms with E-state index in [1.54, 1.807) is 6.07 Å². The van der Waals surface area contributed by atoms with Crippen molar-refractivity contribution >= 4 is 15.9 Å². The summed E-state index contributed by atoms with van der Waals surface area (Å²) in [7, 11) is 0. The molecule has 1 heterocycles. The third-order valence-electron chi connectivity index (χ3n) is 2.22. The maximum atomic E-state index is 13.1. The Bertz CT molecular complexity index is 538. The van der Waals surface area contributed by atoms with E-state index in [9.17, 15) is 8.78 Å². The average molecular weight is 299 g/mol. The molecule has 0 amide bonds. The Morgan fingerprint density at radius 3 is 2.29 bits per heavy atom. The van der Waals surface area contributed by atoms with Gasteiger partial charge in [-0.05, 0) is 34.1 Å². The second kappa shape index (κ2) is 4.87. The van der Waals surface area contributed by atoms with E-state index in [2.05, 4.69) is 25.9 Å². The number of hydrogen-bond donors (Lipinski definition) is 0. The second-order valence-corrected chi connectivity index (χ2v) is 4.32. The predicted molar refractivity (Wildman–Crippen MR) is 64.5 cm³/mol.